The standard InChI is InChI=1S/C20H16N6OS/c21-12-15(13-22)18(14-23)24-16-3-5-17(6-4-16)25-7-9-26(10-8-25)20(27)19-2-1-11-28-19/h1-6,11,24H,7-10H2. The number of amides is 1. The maximum Gasteiger partial charge on any atom is 0.264 e. The highest BCUT2D eigenvalue weighted by molar-refractivity contribution is 7.12. The zero-order chi connectivity index (χ0) is 19.9. The molecule has 1 amide bonds. The highest BCUT2D eigenvalue weighted by atomic mass is 32.1. The molecule has 3 rings (SSSR count). The Hall–Kier alpha value is -3.80. The van der Waals surface area contributed by atoms with E-state index in [1.54, 1.807) is 24.3 Å². The van der Waals surface area contributed by atoms with Crippen molar-refractivity contribution in [3.63, 3.8) is 0 Å². The van der Waals surface area contributed by atoms with Crippen molar-refractivity contribution in [1.29, 1.82) is 15.8 Å². The van der Waals surface area contributed by atoms with Gasteiger partial charge in [0.1, 0.15) is 23.9 Å². The van der Waals surface area contributed by atoms with Gasteiger partial charge in [0.05, 0.1) is 4.88 Å². The van der Waals surface area contributed by atoms with E-state index in [4.69, 9.17) is 15.8 Å². The van der Waals surface area contributed by atoms with E-state index in [2.05, 4.69) is 10.2 Å². The fourth-order valence-corrected chi connectivity index (χ4v) is 3.60. The summed E-state index contributed by atoms with van der Waals surface area (Å²) in [5.41, 5.74) is 1.31. The molecule has 1 aliphatic rings. The normalized spacial score (nSPS) is 13.0. The summed E-state index contributed by atoms with van der Waals surface area (Å²) in [5.74, 6) is 0.0795. The van der Waals surface area contributed by atoms with Crippen molar-refractivity contribution in [3.05, 3.63) is 57.9 Å². The van der Waals surface area contributed by atoms with Crippen LogP contribution in [0.25, 0.3) is 0 Å². The lowest BCUT2D eigenvalue weighted by molar-refractivity contribution is 0.0751. The highest BCUT2D eigenvalue weighted by Crippen LogP contribution is 2.22. The molecule has 0 unspecified atom stereocenters. The van der Waals surface area contributed by atoms with E-state index in [1.165, 1.54) is 11.3 Å². The molecule has 2 aromatic rings. The topological polar surface area (TPSA) is 107 Å². The van der Waals surface area contributed by atoms with Crippen LogP contribution in [-0.2, 0) is 0 Å². The number of hydrogen-bond acceptors (Lipinski definition) is 7. The van der Waals surface area contributed by atoms with Gasteiger partial charge < -0.3 is 15.1 Å². The highest BCUT2D eigenvalue weighted by Gasteiger charge is 2.22. The number of nitrogens with one attached hydrogen (secondary N) is 1. The molecule has 0 spiro atoms. The first-order chi connectivity index (χ1) is 13.7. The van der Waals surface area contributed by atoms with E-state index in [0.29, 0.717) is 18.8 Å². The molecule has 138 valence electrons. The number of benzene rings is 1. The molecule has 7 nitrogen and oxygen atoms in total. The van der Waals surface area contributed by atoms with Crippen LogP contribution in [-0.4, -0.2) is 37.0 Å². The summed E-state index contributed by atoms with van der Waals surface area (Å²) in [6.07, 6.45) is 0. The molecule has 1 aromatic carbocycles. The fourth-order valence-electron chi connectivity index (χ4n) is 2.91. The van der Waals surface area contributed by atoms with Crippen molar-refractivity contribution in [2.24, 2.45) is 0 Å². The van der Waals surface area contributed by atoms with Crippen LogP contribution in [0.1, 0.15) is 9.67 Å². The average Bonchev–Trinajstić information content (AvgIpc) is 3.29. The monoisotopic (exact) mass is 388 g/mol. The van der Waals surface area contributed by atoms with Crippen LogP contribution in [0.2, 0.25) is 0 Å². The van der Waals surface area contributed by atoms with E-state index in [0.717, 1.165) is 23.7 Å². The predicted octanol–water partition coefficient (Wildman–Crippen LogP) is 2.95. The molecule has 0 atom stereocenters. The molecule has 8 heteroatoms. The molecule has 1 saturated heterocycles. The van der Waals surface area contributed by atoms with Crippen LogP contribution < -0.4 is 10.2 Å². The van der Waals surface area contributed by atoms with Gasteiger partial charge in [-0.3, -0.25) is 4.79 Å². The minimum absolute atomic E-state index is 0.0709. The Labute approximate surface area is 166 Å². The Balaban J connectivity index is 1.62. The van der Waals surface area contributed by atoms with Crippen molar-refractivity contribution in [2.45, 2.75) is 0 Å². The van der Waals surface area contributed by atoms with Crippen molar-refractivity contribution in [1.82, 2.24) is 4.90 Å². The van der Waals surface area contributed by atoms with Gasteiger partial charge >= 0.3 is 0 Å². The summed E-state index contributed by atoms with van der Waals surface area (Å²) < 4.78 is 0. The number of carbonyl (C=O) groups excluding carboxylic acids is 1. The predicted molar refractivity (Wildman–Crippen MR) is 106 cm³/mol. The van der Waals surface area contributed by atoms with Gasteiger partial charge in [-0.1, -0.05) is 6.07 Å². The number of piperazine rings is 1. The van der Waals surface area contributed by atoms with Gasteiger partial charge in [-0.15, -0.1) is 11.3 Å². The van der Waals surface area contributed by atoms with Gasteiger partial charge in [0.25, 0.3) is 5.91 Å². The Bertz CT molecular complexity index is 981. The zero-order valence-electron chi connectivity index (χ0n) is 14.9. The third kappa shape index (κ3) is 4.12. The fraction of sp³-hybridized carbons (Fsp3) is 0.200. The molecule has 28 heavy (non-hydrogen) atoms. The third-order valence-electron chi connectivity index (χ3n) is 4.39. The Kier molecular flexibility index (Phi) is 5.91. The summed E-state index contributed by atoms with van der Waals surface area (Å²) in [7, 11) is 0. The molecule has 1 fully saturated rings. The van der Waals surface area contributed by atoms with Crippen LogP contribution in [0.3, 0.4) is 0 Å². The molecule has 1 aliphatic heterocycles. The molecule has 2 heterocycles. The van der Waals surface area contributed by atoms with Crippen LogP contribution in [0.5, 0.6) is 0 Å². The lowest BCUT2D eigenvalue weighted by Crippen LogP contribution is -2.48. The maximum absolute atomic E-state index is 12.4. The first kappa shape index (κ1) is 19.0. The first-order valence-electron chi connectivity index (χ1n) is 8.55. The number of rotatable bonds is 4. The molecule has 0 aliphatic carbocycles. The Morgan fingerprint density at radius 1 is 0.964 bits per heavy atom. The van der Waals surface area contributed by atoms with Crippen molar-refractivity contribution in [3.8, 4) is 18.2 Å². The molecule has 0 radical (unpaired) electrons. The minimum Gasteiger partial charge on any atom is -0.368 e. The number of nitriles is 3. The van der Waals surface area contributed by atoms with Crippen molar-refractivity contribution < 1.29 is 4.79 Å². The number of hydrogen-bond donors (Lipinski definition) is 1. The Morgan fingerprint density at radius 3 is 2.18 bits per heavy atom. The maximum atomic E-state index is 12.4. The third-order valence-corrected chi connectivity index (χ3v) is 5.24. The molecule has 1 N–H and O–H groups in total. The number of allylic oxidation sites excluding steroid dienone is 2. The van der Waals surface area contributed by atoms with Crippen LogP contribution >= 0.6 is 11.3 Å². The zero-order valence-corrected chi connectivity index (χ0v) is 15.7. The van der Waals surface area contributed by atoms with Gasteiger partial charge in [-0.05, 0) is 35.7 Å². The van der Waals surface area contributed by atoms with Gasteiger partial charge in [0.2, 0.25) is 0 Å². The second-order valence-corrected chi connectivity index (χ2v) is 6.96. The minimum atomic E-state index is -0.252. The number of nitrogens with zero attached hydrogens (tertiary/aromatic N) is 5. The SMILES string of the molecule is N#CC(C#N)=C(C#N)Nc1ccc(N2CCN(C(=O)c3cccs3)CC2)cc1. The smallest absolute Gasteiger partial charge is 0.264 e. The van der Waals surface area contributed by atoms with Crippen molar-refractivity contribution in [2.75, 3.05) is 36.4 Å². The number of thiophene rings is 1. The van der Waals surface area contributed by atoms with E-state index in [9.17, 15) is 4.79 Å². The average molecular weight is 388 g/mol. The summed E-state index contributed by atoms with van der Waals surface area (Å²) >= 11 is 1.46. The van der Waals surface area contributed by atoms with Crippen LogP contribution in [0.15, 0.2) is 53.0 Å². The van der Waals surface area contributed by atoms with Gasteiger partial charge in [0, 0.05) is 37.6 Å². The van der Waals surface area contributed by atoms with Crippen LogP contribution in [0.4, 0.5) is 11.4 Å². The quantitative estimate of drug-likeness (QED) is 0.807. The van der Waals surface area contributed by atoms with Gasteiger partial charge in [-0.25, -0.2) is 0 Å². The molecule has 1 aromatic heterocycles. The molecule has 0 saturated carbocycles. The summed E-state index contributed by atoms with van der Waals surface area (Å²) in [6, 6.07) is 16.4. The first-order valence-corrected chi connectivity index (χ1v) is 9.43. The molecular formula is C20H16N6OS. The molecule has 0 bridgehead atoms. The second kappa shape index (κ2) is 8.73. The van der Waals surface area contributed by atoms with Crippen molar-refractivity contribution >= 4 is 28.6 Å². The lowest BCUT2D eigenvalue weighted by Gasteiger charge is -2.36. The molecular weight excluding hydrogens is 372 g/mol. The summed E-state index contributed by atoms with van der Waals surface area (Å²) in [5, 5.41) is 31.6. The van der Waals surface area contributed by atoms with Gasteiger partial charge in [-0.2, -0.15) is 15.8 Å². The summed E-state index contributed by atoms with van der Waals surface area (Å²) in [4.78, 5) is 17.2. The van der Waals surface area contributed by atoms with E-state index in [-0.39, 0.29) is 17.2 Å². The lowest BCUT2D eigenvalue weighted by atomic mass is 10.2. The summed E-state index contributed by atoms with van der Waals surface area (Å²) in [6.45, 7) is 2.79. The Morgan fingerprint density at radius 2 is 1.64 bits per heavy atom. The van der Waals surface area contributed by atoms with E-state index >= 15 is 0 Å². The number of carbonyl (C=O) groups is 1. The van der Waals surface area contributed by atoms with Gasteiger partial charge in [0.15, 0.2) is 5.57 Å². The van der Waals surface area contributed by atoms with E-state index in [1.807, 2.05) is 40.6 Å². The second-order valence-electron chi connectivity index (χ2n) is 6.01. The van der Waals surface area contributed by atoms with Crippen LogP contribution in [0, 0.1) is 34.0 Å². The largest absolute Gasteiger partial charge is 0.368 e. The number of anilines is 2. The van der Waals surface area contributed by atoms with E-state index < -0.39 is 0 Å².